The van der Waals surface area contributed by atoms with Gasteiger partial charge >= 0.3 is 0 Å². The van der Waals surface area contributed by atoms with Crippen LogP contribution < -0.4 is 10.6 Å². The van der Waals surface area contributed by atoms with Gasteiger partial charge in [0.2, 0.25) is 0 Å². The van der Waals surface area contributed by atoms with Crippen LogP contribution in [-0.2, 0) is 9.47 Å². The van der Waals surface area contributed by atoms with E-state index in [0.717, 1.165) is 83.7 Å². The molecule has 6 nitrogen and oxygen atoms in total. The SMILES string of the molecule is CCNC(=NCCCOCC1CCOCC1)NCCN1CCCC(C)C1.I. The number of halogens is 1. The Bertz CT molecular complexity index is 392. The fourth-order valence-electron chi connectivity index (χ4n) is 3.68. The molecule has 7 heteroatoms. The molecule has 2 fully saturated rings. The van der Waals surface area contributed by atoms with Crippen molar-refractivity contribution in [2.75, 3.05) is 65.7 Å². The van der Waals surface area contributed by atoms with Crippen molar-refractivity contribution in [2.24, 2.45) is 16.8 Å². The molecule has 0 aromatic rings. The third-order valence-corrected chi connectivity index (χ3v) is 5.22. The van der Waals surface area contributed by atoms with Crippen LogP contribution in [0.5, 0.6) is 0 Å². The fraction of sp³-hybridized carbons (Fsp3) is 0.950. The zero-order valence-corrected chi connectivity index (χ0v) is 19.7. The van der Waals surface area contributed by atoms with E-state index in [1.807, 2.05) is 0 Å². The first-order chi connectivity index (χ1) is 12.8. The molecule has 0 aromatic carbocycles. The smallest absolute Gasteiger partial charge is 0.191 e. The lowest BCUT2D eigenvalue weighted by Gasteiger charge is -2.30. The number of ether oxygens (including phenoxy) is 2. The van der Waals surface area contributed by atoms with Crippen LogP contribution in [-0.4, -0.2) is 76.6 Å². The molecule has 0 aliphatic carbocycles. The molecule has 0 amide bonds. The Balaban J connectivity index is 0.00000364. The summed E-state index contributed by atoms with van der Waals surface area (Å²) >= 11 is 0. The molecule has 2 heterocycles. The first-order valence-corrected chi connectivity index (χ1v) is 10.7. The minimum Gasteiger partial charge on any atom is -0.381 e. The second-order valence-corrected chi connectivity index (χ2v) is 7.72. The Labute approximate surface area is 183 Å². The summed E-state index contributed by atoms with van der Waals surface area (Å²) in [4.78, 5) is 7.24. The van der Waals surface area contributed by atoms with Gasteiger partial charge in [0.1, 0.15) is 0 Å². The Morgan fingerprint density at radius 3 is 2.78 bits per heavy atom. The van der Waals surface area contributed by atoms with Gasteiger partial charge < -0.3 is 25.0 Å². The van der Waals surface area contributed by atoms with Crippen molar-refractivity contribution in [1.82, 2.24) is 15.5 Å². The van der Waals surface area contributed by atoms with E-state index in [9.17, 15) is 0 Å². The lowest BCUT2D eigenvalue weighted by Crippen LogP contribution is -2.43. The van der Waals surface area contributed by atoms with Crippen LogP contribution >= 0.6 is 24.0 Å². The molecule has 0 saturated carbocycles. The van der Waals surface area contributed by atoms with Crippen molar-refractivity contribution < 1.29 is 9.47 Å². The number of hydrogen-bond acceptors (Lipinski definition) is 4. The van der Waals surface area contributed by atoms with Crippen molar-refractivity contribution in [3.8, 4) is 0 Å². The Hall–Kier alpha value is -0.120. The van der Waals surface area contributed by atoms with Gasteiger partial charge in [-0.2, -0.15) is 0 Å². The summed E-state index contributed by atoms with van der Waals surface area (Å²) in [6.07, 6.45) is 5.97. The minimum atomic E-state index is 0. The second-order valence-electron chi connectivity index (χ2n) is 7.72. The summed E-state index contributed by atoms with van der Waals surface area (Å²) in [5, 5.41) is 6.81. The van der Waals surface area contributed by atoms with E-state index in [0.29, 0.717) is 5.92 Å². The lowest BCUT2D eigenvalue weighted by molar-refractivity contribution is 0.0205. The normalized spacial score (nSPS) is 22.3. The number of guanidine groups is 1. The highest BCUT2D eigenvalue weighted by molar-refractivity contribution is 14.0. The molecule has 0 radical (unpaired) electrons. The number of nitrogens with one attached hydrogen (secondary N) is 2. The van der Waals surface area contributed by atoms with Crippen LogP contribution in [0.3, 0.4) is 0 Å². The molecule has 0 aromatic heterocycles. The van der Waals surface area contributed by atoms with Crippen molar-refractivity contribution in [3.63, 3.8) is 0 Å². The maximum atomic E-state index is 5.81. The molecule has 27 heavy (non-hydrogen) atoms. The molecule has 2 aliphatic heterocycles. The van der Waals surface area contributed by atoms with E-state index < -0.39 is 0 Å². The van der Waals surface area contributed by atoms with Crippen LogP contribution in [0.1, 0.15) is 46.0 Å². The van der Waals surface area contributed by atoms with Crippen molar-refractivity contribution in [2.45, 2.75) is 46.0 Å². The summed E-state index contributed by atoms with van der Waals surface area (Å²) in [6, 6.07) is 0. The van der Waals surface area contributed by atoms with Crippen molar-refractivity contribution in [1.29, 1.82) is 0 Å². The second kappa shape index (κ2) is 15.8. The largest absolute Gasteiger partial charge is 0.381 e. The Morgan fingerprint density at radius 1 is 1.22 bits per heavy atom. The van der Waals surface area contributed by atoms with E-state index in [4.69, 9.17) is 9.47 Å². The van der Waals surface area contributed by atoms with E-state index in [1.165, 1.54) is 25.9 Å². The summed E-state index contributed by atoms with van der Waals surface area (Å²) in [6.45, 7) is 14.2. The van der Waals surface area contributed by atoms with Gasteiger partial charge in [-0.25, -0.2) is 0 Å². The lowest BCUT2D eigenvalue weighted by atomic mass is 10.0. The zero-order valence-electron chi connectivity index (χ0n) is 17.4. The molecule has 160 valence electrons. The topological polar surface area (TPSA) is 58.1 Å². The quantitative estimate of drug-likeness (QED) is 0.211. The van der Waals surface area contributed by atoms with Crippen LogP contribution in [0, 0.1) is 11.8 Å². The van der Waals surface area contributed by atoms with Gasteiger partial charge in [0.25, 0.3) is 0 Å². The van der Waals surface area contributed by atoms with Crippen LogP contribution in [0.4, 0.5) is 0 Å². The summed E-state index contributed by atoms with van der Waals surface area (Å²) in [5.74, 6) is 2.46. The van der Waals surface area contributed by atoms with Gasteiger partial charge in [0.05, 0.1) is 0 Å². The number of nitrogens with zero attached hydrogens (tertiary/aromatic N) is 2. The third-order valence-electron chi connectivity index (χ3n) is 5.22. The first kappa shape index (κ1) is 24.9. The maximum Gasteiger partial charge on any atom is 0.191 e. The third kappa shape index (κ3) is 11.5. The average Bonchev–Trinajstić information content (AvgIpc) is 2.65. The molecular formula is C20H41IN4O2. The summed E-state index contributed by atoms with van der Waals surface area (Å²) < 4.78 is 11.2. The van der Waals surface area contributed by atoms with Crippen molar-refractivity contribution >= 4 is 29.9 Å². The van der Waals surface area contributed by atoms with Gasteiger partial charge in [-0.15, -0.1) is 24.0 Å². The number of hydrogen-bond donors (Lipinski definition) is 2. The Morgan fingerprint density at radius 2 is 2.04 bits per heavy atom. The van der Waals surface area contributed by atoms with Gasteiger partial charge in [0, 0.05) is 59.2 Å². The van der Waals surface area contributed by atoms with Crippen LogP contribution in [0.15, 0.2) is 4.99 Å². The summed E-state index contributed by atoms with van der Waals surface area (Å²) in [7, 11) is 0. The number of rotatable bonds is 10. The highest BCUT2D eigenvalue weighted by atomic mass is 127. The predicted octanol–water partition coefficient (Wildman–Crippen LogP) is 2.72. The molecule has 1 atom stereocenters. The molecular weight excluding hydrogens is 455 g/mol. The van der Waals surface area contributed by atoms with E-state index in [-0.39, 0.29) is 24.0 Å². The number of piperidine rings is 1. The average molecular weight is 496 g/mol. The molecule has 2 aliphatic rings. The fourth-order valence-corrected chi connectivity index (χ4v) is 3.68. The Kier molecular flexibility index (Phi) is 14.5. The van der Waals surface area contributed by atoms with Crippen LogP contribution in [0.2, 0.25) is 0 Å². The molecule has 0 spiro atoms. The maximum absolute atomic E-state index is 5.81. The van der Waals surface area contributed by atoms with Gasteiger partial charge in [-0.3, -0.25) is 4.99 Å². The molecule has 2 N–H and O–H groups in total. The molecule has 1 unspecified atom stereocenters. The van der Waals surface area contributed by atoms with Gasteiger partial charge in [-0.05, 0) is 57.4 Å². The molecule has 2 rings (SSSR count). The molecule has 0 bridgehead atoms. The van der Waals surface area contributed by atoms with Gasteiger partial charge in [-0.1, -0.05) is 6.92 Å². The van der Waals surface area contributed by atoms with Crippen molar-refractivity contribution in [3.05, 3.63) is 0 Å². The zero-order chi connectivity index (χ0) is 18.5. The molecule has 2 saturated heterocycles. The van der Waals surface area contributed by atoms with E-state index in [1.54, 1.807) is 0 Å². The number of aliphatic imine (C=N–C) groups is 1. The first-order valence-electron chi connectivity index (χ1n) is 10.7. The van der Waals surface area contributed by atoms with Crippen LogP contribution in [0.25, 0.3) is 0 Å². The van der Waals surface area contributed by atoms with Gasteiger partial charge in [0.15, 0.2) is 5.96 Å². The van der Waals surface area contributed by atoms with E-state index >= 15 is 0 Å². The standard InChI is InChI=1S/C20H40N4O2.HI/c1-3-21-20(23-10-12-24-11-4-6-18(2)16-24)22-9-5-13-26-17-19-7-14-25-15-8-19;/h18-19H,3-17H2,1-2H3,(H2,21,22,23);1H. The summed E-state index contributed by atoms with van der Waals surface area (Å²) in [5.41, 5.74) is 0. The van der Waals surface area contributed by atoms with E-state index in [2.05, 4.69) is 34.4 Å². The number of likely N-dealkylation sites (tertiary alicyclic amines) is 1. The highest BCUT2D eigenvalue weighted by Gasteiger charge is 2.15. The predicted molar refractivity (Wildman–Crippen MR) is 123 cm³/mol. The highest BCUT2D eigenvalue weighted by Crippen LogP contribution is 2.15. The monoisotopic (exact) mass is 496 g/mol. The minimum absolute atomic E-state index is 0.